The van der Waals surface area contributed by atoms with Crippen molar-refractivity contribution in [2.24, 2.45) is 0 Å². The fraction of sp³-hybridized carbons (Fsp3) is 0.316. The van der Waals surface area contributed by atoms with Crippen LogP contribution < -0.4 is 16.2 Å². The molecular formula is C19H21Cl2N5O2. The molecule has 2 aromatic heterocycles. The van der Waals surface area contributed by atoms with Crippen LogP contribution in [-0.4, -0.2) is 26.6 Å². The summed E-state index contributed by atoms with van der Waals surface area (Å²) in [6.07, 6.45) is 2.21. The number of carbonyl (C=O) groups excluding carboxylic acids is 1. The number of hydrogen-bond acceptors (Lipinski definition) is 4. The van der Waals surface area contributed by atoms with Crippen LogP contribution >= 0.6 is 24.0 Å². The normalized spacial score (nSPS) is 13.1. The van der Waals surface area contributed by atoms with Crippen LogP contribution in [-0.2, 0) is 26.1 Å². The lowest BCUT2D eigenvalue weighted by molar-refractivity contribution is 0.0952. The Kier molecular flexibility index (Phi) is 6.07. The van der Waals surface area contributed by atoms with E-state index in [-0.39, 0.29) is 23.9 Å². The van der Waals surface area contributed by atoms with Crippen LogP contribution in [0.5, 0.6) is 0 Å². The molecule has 7 nitrogen and oxygen atoms in total. The fourth-order valence-corrected chi connectivity index (χ4v) is 3.79. The average molecular weight is 422 g/mol. The molecule has 0 aliphatic carbocycles. The lowest BCUT2D eigenvalue weighted by Crippen LogP contribution is -2.36. The van der Waals surface area contributed by atoms with Gasteiger partial charge in [-0.1, -0.05) is 29.8 Å². The van der Waals surface area contributed by atoms with E-state index in [4.69, 9.17) is 11.6 Å². The number of fused-ring (bicyclic) bond motifs is 2. The number of rotatable bonds is 4. The zero-order valence-electron chi connectivity index (χ0n) is 15.4. The van der Waals surface area contributed by atoms with Gasteiger partial charge in [0, 0.05) is 43.3 Å². The molecule has 1 aliphatic rings. The summed E-state index contributed by atoms with van der Waals surface area (Å²) in [6, 6.07) is 7.37. The first-order valence-corrected chi connectivity index (χ1v) is 9.34. The number of aromatic nitrogens is 3. The summed E-state index contributed by atoms with van der Waals surface area (Å²) >= 11 is 6.16. The zero-order chi connectivity index (χ0) is 19.0. The molecule has 28 heavy (non-hydrogen) atoms. The maximum atomic E-state index is 12.8. The van der Waals surface area contributed by atoms with Crippen molar-refractivity contribution < 1.29 is 4.79 Å². The number of hydrogen-bond donors (Lipinski definition) is 2. The van der Waals surface area contributed by atoms with E-state index < -0.39 is 0 Å². The zero-order valence-corrected chi connectivity index (χ0v) is 16.9. The van der Waals surface area contributed by atoms with Crippen LogP contribution in [0.25, 0.3) is 5.65 Å². The first-order valence-electron chi connectivity index (χ1n) is 8.96. The maximum Gasteiger partial charge on any atom is 0.279 e. The van der Waals surface area contributed by atoms with Crippen LogP contribution in [0.3, 0.4) is 0 Å². The minimum Gasteiger partial charge on any atom is -0.348 e. The molecule has 3 heterocycles. The number of aryl methyl sites for hydroxylation is 1. The predicted molar refractivity (Wildman–Crippen MR) is 110 cm³/mol. The van der Waals surface area contributed by atoms with Crippen molar-refractivity contribution in [3.05, 3.63) is 68.2 Å². The molecule has 1 aliphatic heterocycles. The largest absolute Gasteiger partial charge is 0.348 e. The second-order valence-electron chi connectivity index (χ2n) is 6.47. The van der Waals surface area contributed by atoms with Crippen molar-refractivity contribution in [1.82, 2.24) is 24.8 Å². The molecule has 1 aromatic carbocycles. The Hall–Kier alpha value is -2.35. The third kappa shape index (κ3) is 3.41. The van der Waals surface area contributed by atoms with Crippen molar-refractivity contribution in [1.29, 1.82) is 0 Å². The number of halogens is 2. The Morgan fingerprint density at radius 1 is 1.36 bits per heavy atom. The molecule has 0 atom stereocenters. The Morgan fingerprint density at radius 2 is 2.14 bits per heavy atom. The van der Waals surface area contributed by atoms with E-state index >= 15 is 0 Å². The van der Waals surface area contributed by atoms with Crippen molar-refractivity contribution in [2.45, 2.75) is 33.0 Å². The van der Waals surface area contributed by atoms with Crippen molar-refractivity contribution in [3.8, 4) is 0 Å². The van der Waals surface area contributed by atoms with E-state index in [2.05, 4.69) is 15.7 Å². The summed E-state index contributed by atoms with van der Waals surface area (Å²) in [5, 5.41) is 10.9. The summed E-state index contributed by atoms with van der Waals surface area (Å²) in [5.41, 5.74) is 3.31. The van der Waals surface area contributed by atoms with Gasteiger partial charge in [0.1, 0.15) is 5.56 Å². The second kappa shape index (κ2) is 8.34. The van der Waals surface area contributed by atoms with Crippen LogP contribution in [0.15, 0.2) is 35.3 Å². The van der Waals surface area contributed by atoms with Gasteiger partial charge in [-0.2, -0.15) is 9.61 Å². The highest BCUT2D eigenvalue weighted by Gasteiger charge is 2.24. The summed E-state index contributed by atoms with van der Waals surface area (Å²) in [5.74, 6) is -0.277. The topological polar surface area (TPSA) is 80.4 Å². The molecule has 3 aromatic rings. The van der Waals surface area contributed by atoms with Gasteiger partial charge in [0.15, 0.2) is 5.65 Å². The van der Waals surface area contributed by atoms with E-state index in [0.717, 1.165) is 29.8 Å². The molecule has 0 fully saturated rings. The monoisotopic (exact) mass is 421 g/mol. The van der Waals surface area contributed by atoms with E-state index in [1.807, 2.05) is 29.7 Å². The van der Waals surface area contributed by atoms with E-state index in [0.29, 0.717) is 35.9 Å². The number of carbonyl (C=O) groups is 1. The van der Waals surface area contributed by atoms with Gasteiger partial charge < -0.3 is 15.2 Å². The fourth-order valence-electron chi connectivity index (χ4n) is 3.59. The summed E-state index contributed by atoms with van der Waals surface area (Å²) in [6.45, 7) is 4.30. The van der Waals surface area contributed by atoms with E-state index in [1.54, 1.807) is 6.07 Å². The predicted octanol–water partition coefficient (Wildman–Crippen LogP) is 2.17. The molecule has 0 saturated carbocycles. The molecule has 148 valence electrons. The van der Waals surface area contributed by atoms with Gasteiger partial charge in [-0.3, -0.25) is 9.59 Å². The Labute approximate surface area is 173 Å². The third-order valence-corrected chi connectivity index (χ3v) is 5.29. The molecule has 0 bridgehead atoms. The molecule has 1 amide bonds. The van der Waals surface area contributed by atoms with Gasteiger partial charge in [-0.15, -0.1) is 12.4 Å². The maximum absolute atomic E-state index is 12.8. The summed E-state index contributed by atoms with van der Waals surface area (Å²) in [7, 11) is 0. The van der Waals surface area contributed by atoms with E-state index in [9.17, 15) is 9.59 Å². The van der Waals surface area contributed by atoms with Crippen molar-refractivity contribution in [2.75, 3.05) is 6.54 Å². The second-order valence-corrected chi connectivity index (χ2v) is 6.88. The van der Waals surface area contributed by atoms with Gasteiger partial charge in [0.2, 0.25) is 0 Å². The molecule has 0 saturated heterocycles. The summed E-state index contributed by atoms with van der Waals surface area (Å²) < 4.78 is 3.36. The average Bonchev–Trinajstić information content (AvgIpc) is 3.13. The van der Waals surface area contributed by atoms with Gasteiger partial charge >= 0.3 is 0 Å². The minimum atomic E-state index is -0.277. The molecule has 0 unspecified atom stereocenters. The molecule has 0 spiro atoms. The van der Waals surface area contributed by atoms with Crippen LogP contribution in [0.4, 0.5) is 0 Å². The molecule has 2 N–H and O–H groups in total. The van der Waals surface area contributed by atoms with Crippen LogP contribution in [0.2, 0.25) is 5.02 Å². The lowest BCUT2D eigenvalue weighted by Gasteiger charge is -2.22. The van der Waals surface area contributed by atoms with Crippen LogP contribution in [0.1, 0.15) is 34.1 Å². The first kappa shape index (κ1) is 20.4. The van der Waals surface area contributed by atoms with Crippen molar-refractivity contribution >= 4 is 35.6 Å². The molecule has 9 heteroatoms. The smallest absolute Gasteiger partial charge is 0.279 e. The van der Waals surface area contributed by atoms with Gasteiger partial charge in [-0.25, -0.2) is 0 Å². The van der Waals surface area contributed by atoms with Gasteiger partial charge in [-0.05, 0) is 18.6 Å². The SMILES string of the molecule is CCn1c2c(c(=O)n3ncc(C(=O)NCc4ccccc4Cl)c13)CNCC2.Cl. The molecule has 0 radical (unpaired) electrons. The standard InChI is InChI=1S/C19H20ClN5O2.ClH/c1-2-24-16-7-8-21-10-13(16)19(27)25-18(24)14(11-23-25)17(26)22-9-12-5-3-4-6-15(12)20;/h3-6,11,21H,2,7-10H2,1H3,(H,22,26);1H. The van der Waals surface area contributed by atoms with Gasteiger partial charge in [0.05, 0.1) is 11.8 Å². The highest BCUT2D eigenvalue weighted by Crippen LogP contribution is 2.18. The Morgan fingerprint density at radius 3 is 2.89 bits per heavy atom. The summed E-state index contributed by atoms with van der Waals surface area (Å²) in [4.78, 5) is 25.6. The highest BCUT2D eigenvalue weighted by molar-refractivity contribution is 6.31. The number of nitrogens with zero attached hydrogens (tertiary/aromatic N) is 3. The number of amides is 1. The Bertz CT molecular complexity index is 1090. The van der Waals surface area contributed by atoms with Crippen LogP contribution in [0, 0.1) is 0 Å². The van der Waals surface area contributed by atoms with E-state index in [1.165, 1.54) is 10.7 Å². The number of benzene rings is 1. The third-order valence-electron chi connectivity index (χ3n) is 4.92. The highest BCUT2D eigenvalue weighted by atomic mass is 35.5. The molecule has 4 rings (SSSR count). The number of nitrogens with one attached hydrogen (secondary N) is 2. The minimum absolute atomic E-state index is 0. The van der Waals surface area contributed by atoms with Gasteiger partial charge in [0.25, 0.3) is 11.5 Å². The quantitative estimate of drug-likeness (QED) is 0.676. The lowest BCUT2D eigenvalue weighted by atomic mass is 10.1. The Balaban J connectivity index is 0.00000225. The van der Waals surface area contributed by atoms with Crippen molar-refractivity contribution in [3.63, 3.8) is 0 Å². The first-order chi connectivity index (χ1) is 13.1. The molecular weight excluding hydrogens is 401 g/mol.